The molecule has 0 unspecified atom stereocenters. The Hall–Kier alpha value is -1.33. The average molecular weight is 259 g/mol. The van der Waals surface area contributed by atoms with Crippen molar-refractivity contribution in [2.75, 3.05) is 12.5 Å². The van der Waals surface area contributed by atoms with Crippen molar-refractivity contribution in [3.8, 4) is 0 Å². The smallest absolute Gasteiger partial charge is 0.280 e. The van der Waals surface area contributed by atoms with Crippen molar-refractivity contribution in [2.24, 2.45) is 0 Å². The minimum absolute atomic E-state index is 0.0435. The van der Waals surface area contributed by atoms with Crippen molar-refractivity contribution in [1.82, 2.24) is 10.5 Å². The number of hydrogen-bond donors (Lipinski definition) is 2. The molecule has 0 radical (unpaired) electrons. The van der Waals surface area contributed by atoms with Crippen LogP contribution in [0.2, 0.25) is 0 Å². The Kier molecular flexibility index (Phi) is 5.18. The average Bonchev–Trinajstić information content (AvgIpc) is 2.29. The number of nitrogens with one attached hydrogen (secondary N) is 2. The Morgan fingerprint density at radius 3 is 2.88 bits per heavy atom. The molecule has 5 nitrogen and oxygen atoms in total. The highest BCUT2D eigenvalue weighted by atomic mass is 35.5. The van der Waals surface area contributed by atoms with E-state index in [-0.39, 0.29) is 18.1 Å². The van der Waals surface area contributed by atoms with Crippen LogP contribution in [0.25, 0.3) is 0 Å². The number of H-pyrrole nitrogens is 1. The van der Waals surface area contributed by atoms with Crippen LogP contribution in [-0.4, -0.2) is 23.4 Å². The molecule has 6 heteroatoms. The van der Waals surface area contributed by atoms with Gasteiger partial charge in [-0.25, -0.2) is 5.48 Å². The van der Waals surface area contributed by atoms with Crippen molar-refractivity contribution < 1.29 is 9.63 Å². The van der Waals surface area contributed by atoms with E-state index < -0.39 is 11.5 Å². The van der Waals surface area contributed by atoms with E-state index in [4.69, 9.17) is 16.4 Å². The number of amides is 1. The normalized spacial score (nSPS) is 10.3. The highest BCUT2D eigenvalue weighted by Gasteiger charge is 2.12. The lowest BCUT2D eigenvalue weighted by Crippen LogP contribution is -2.31. The van der Waals surface area contributed by atoms with Gasteiger partial charge in [0, 0.05) is 11.6 Å². The fourth-order valence-electron chi connectivity index (χ4n) is 1.41. The molecule has 94 valence electrons. The van der Waals surface area contributed by atoms with Crippen molar-refractivity contribution in [3.63, 3.8) is 0 Å². The third-order valence-electron chi connectivity index (χ3n) is 2.32. The molecule has 0 aliphatic heterocycles. The number of aromatic amines is 1. The Morgan fingerprint density at radius 1 is 1.59 bits per heavy atom. The van der Waals surface area contributed by atoms with Crippen LogP contribution in [0.4, 0.5) is 0 Å². The Balaban J connectivity index is 2.90. The molecular weight excluding hydrogens is 244 g/mol. The van der Waals surface area contributed by atoms with Crippen LogP contribution in [0.1, 0.15) is 28.5 Å². The Bertz CT molecular complexity index is 457. The van der Waals surface area contributed by atoms with Gasteiger partial charge in [0.25, 0.3) is 11.5 Å². The van der Waals surface area contributed by atoms with Gasteiger partial charge in [-0.2, -0.15) is 0 Å². The Labute approximate surface area is 104 Å². The molecule has 0 spiro atoms. The molecular formula is C11H15ClN2O3. The summed E-state index contributed by atoms with van der Waals surface area (Å²) >= 11 is 5.39. The minimum Gasteiger partial charge on any atom is -0.326 e. The summed E-state index contributed by atoms with van der Waals surface area (Å²) in [6.45, 7) is 3.94. The number of carbonyl (C=O) groups excluding carboxylic acids is 1. The number of aromatic nitrogens is 1. The minimum atomic E-state index is -0.564. The number of alkyl halides is 1. The summed E-state index contributed by atoms with van der Waals surface area (Å²) in [6.07, 6.45) is 0.741. The van der Waals surface area contributed by atoms with Crippen LogP contribution in [0.3, 0.4) is 0 Å². The molecule has 1 amide bonds. The highest BCUT2D eigenvalue weighted by molar-refractivity contribution is 6.17. The molecule has 17 heavy (non-hydrogen) atoms. The van der Waals surface area contributed by atoms with E-state index in [0.717, 1.165) is 17.7 Å². The van der Waals surface area contributed by atoms with Gasteiger partial charge >= 0.3 is 0 Å². The monoisotopic (exact) mass is 258 g/mol. The molecule has 1 heterocycles. The molecule has 0 atom stereocenters. The topological polar surface area (TPSA) is 71.2 Å². The second-order valence-corrected chi connectivity index (χ2v) is 3.86. The van der Waals surface area contributed by atoms with Gasteiger partial charge in [0.15, 0.2) is 0 Å². The van der Waals surface area contributed by atoms with Crippen molar-refractivity contribution in [3.05, 3.63) is 33.2 Å². The van der Waals surface area contributed by atoms with Gasteiger partial charge in [0.05, 0.1) is 6.61 Å². The first kappa shape index (κ1) is 13.7. The predicted octanol–water partition coefficient (Wildman–Crippen LogP) is 1.15. The van der Waals surface area contributed by atoms with E-state index in [2.05, 4.69) is 10.5 Å². The zero-order chi connectivity index (χ0) is 12.8. The van der Waals surface area contributed by atoms with E-state index in [0.29, 0.717) is 0 Å². The number of hydrogen-bond acceptors (Lipinski definition) is 3. The van der Waals surface area contributed by atoms with Crippen LogP contribution >= 0.6 is 11.6 Å². The maximum Gasteiger partial charge on any atom is 0.280 e. The second kappa shape index (κ2) is 6.42. The van der Waals surface area contributed by atoms with Crippen LogP contribution in [0.5, 0.6) is 0 Å². The molecule has 1 aromatic heterocycles. The SMILES string of the molecule is CCc1cc(C(=O)NOCCCl)c(=O)[nH]c1C. The van der Waals surface area contributed by atoms with Gasteiger partial charge in [-0.05, 0) is 25.0 Å². The number of hydroxylamine groups is 1. The van der Waals surface area contributed by atoms with Gasteiger partial charge in [0.2, 0.25) is 0 Å². The summed E-state index contributed by atoms with van der Waals surface area (Å²) in [6, 6.07) is 1.58. The van der Waals surface area contributed by atoms with Gasteiger partial charge in [-0.15, -0.1) is 11.6 Å². The van der Waals surface area contributed by atoms with Gasteiger partial charge < -0.3 is 4.98 Å². The Morgan fingerprint density at radius 2 is 2.29 bits per heavy atom. The number of rotatable bonds is 5. The maximum atomic E-state index is 11.6. The third-order valence-corrected chi connectivity index (χ3v) is 2.47. The summed E-state index contributed by atoms with van der Waals surface area (Å²) < 4.78 is 0. The molecule has 0 fully saturated rings. The van der Waals surface area contributed by atoms with E-state index in [1.54, 1.807) is 13.0 Å². The lowest BCUT2D eigenvalue weighted by atomic mass is 10.1. The quantitative estimate of drug-likeness (QED) is 0.473. The zero-order valence-corrected chi connectivity index (χ0v) is 10.6. The van der Waals surface area contributed by atoms with Gasteiger partial charge in [-0.3, -0.25) is 14.4 Å². The standard InChI is InChI=1S/C11H15ClN2O3/c1-3-8-6-9(10(15)13-7(8)2)11(16)14-17-5-4-12/h6H,3-5H2,1-2H3,(H,13,15)(H,14,16). The van der Waals surface area contributed by atoms with Crippen LogP contribution in [0, 0.1) is 6.92 Å². The molecule has 0 bridgehead atoms. The first-order chi connectivity index (χ1) is 8.10. The van der Waals surface area contributed by atoms with E-state index in [9.17, 15) is 9.59 Å². The molecule has 0 saturated heterocycles. The highest BCUT2D eigenvalue weighted by Crippen LogP contribution is 2.05. The molecule has 1 aromatic rings. The maximum absolute atomic E-state index is 11.6. The fraction of sp³-hybridized carbons (Fsp3) is 0.455. The lowest BCUT2D eigenvalue weighted by molar-refractivity contribution is 0.0370. The van der Waals surface area contributed by atoms with Crippen molar-refractivity contribution in [1.29, 1.82) is 0 Å². The van der Waals surface area contributed by atoms with Crippen molar-refractivity contribution >= 4 is 17.5 Å². The zero-order valence-electron chi connectivity index (χ0n) is 9.80. The largest absolute Gasteiger partial charge is 0.326 e. The number of halogens is 1. The first-order valence-corrected chi connectivity index (χ1v) is 5.84. The number of pyridine rings is 1. The van der Waals surface area contributed by atoms with Crippen LogP contribution in [0.15, 0.2) is 10.9 Å². The third kappa shape index (κ3) is 3.57. The fourth-order valence-corrected chi connectivity index (χ4v) is 1.49. The van der Waals surface area contributed by atoms with E-state index in [1.165, 1.54) is 0 Å². The predicted molar refractivity (Wildman–Crippen MR) is 65.3 cm³/mol. The van der Waals surface area contributed by atoms with Crippen LogP contribution < -0.4 is 11.0 Å². The molecule has 2 N–H and O–H groups in total. The summed E-state index contributed by atoms with van der Waals surface area (Å²) in [4.78, 5) is 30.6. The van der Waals surface area contributed by atoms with Gasteiger partial charge in [-0.1, -0.05) is 6.92 Å². The molecule has 1 rings (SSSR count). The van der Waals surface area contributed by atoms with Crippen LogP contribution in [-0.2, 0) is 11.3 Å². The first-order valence-electron chi connectivity index (χ1n) is 5.31. The molecule has 0 aliphatic carbocycles. The number of aryl methyl sites for hydroxylation is 2. The summed E-state index contributed by atoms with van der Waals surface area (Å²) in [7, 11) is 0. The lowest BCUT2D eigenvalue weighted by Gasteiger charge is -2.07. The number of carbonyl (C=O) groups is 1. The van der Waals surface area contributed by atoms with Crippen molar-refractivity contribution in [2.45, 2.75) is 20.3 Å². The summed E-state index contributed by atoms with van der Waals surface area (Å²) in [5.41, 5.74) is 3.48. The van der Waals surface area contributed by atoms with Gasteiger partial charge in [0.1, 0.15) is 5.56 Å². The van der Waals surface area contributed by atoms with E-state index >= 15 is 0 Å². The second-order valence-electron chi connectivity index (χ2n) is 3.48. The molecule has 0 saturated carbocycles. The molecule has 0 aliphatic rings. The summed E-state index contributed by atoms with van der Waals surface area (Å²) in [5.74, 6) is -0.295. The van der Waals surface area contributed by atoms with E-state index in [1.807, 2.05) is 6.92 Å². The summed E-state index contributed by atoms with van der Waals surface area (Å²) in [5, 5.41) is 0. The molecule has 0 aromatic carbocycles.